The molecule has 0 unspecified atom stereocenters. The molecular weight excluding hydrogens is 480 g/mol. The van der Waals surface area contributed by atoms with Crippen molar-refractivity contribution in [1.82, 2.24) is 34.8 Å². The molecule has 10 heteroatoms. The number of rotatable bonds is 7. The van der Waals surface area contributed by atoms with Gasteiger partial charge in [-0.3, -0.25) is 4.79 Å². The van der Waals surface area contributed by atoms with Crippen molar-refractivity contribution in [3.8, 4) is 11.1 Å². The lowest BCUT2D eigenvalue weighted by atomic mass is 9.93. The number of hydrogen-bond donors (Lipinski definition) is 3. The summed E-state index contributed by atoms with van der Waals surface area (Å²) in [6.45, 7) is 4.83. The molecule has 6 rings (SSSR count). The highest BCUT2D eigenvalue weighted by Gasteiger charge is 2.23. The van der Waals surface area contributed by atoms with Crippen molar-refractivity contribution in [3.05, 3.63) is 42.5 Å². The lowest BCUT2D eigenvalue weighted by Crippen LogP contribution is -2.43. The van der Waals surface area contributed by atoms with E-state index in [0.29, 0.717) is 23.7 Å². The molecule has 0 atom stereocenters. The lowest BCUT2D eigenvalue weighted by molar-refractivity contribution is 0.0346. The normalized spacial score (nSPS) is 21.2. The number of piperidine rings is 1. The molecular formula is C28H36N8O2. The number of pyridine rings is 1. The van der Waals surface area contributed by atoms with Crippen molar-refractivity contribution >= 4 is 28.4 Å². The molecule has 1 amide bonds. The van der Waals surface area contributed by atoms with E-state index in [1.165, 1.54) is 0 Å². The Morgan fingerprint density at radius 2 is 1.95 bits per heavy atom. The molecule has 1 aliphatic carbocycles. The number of fused-ring (bicyclic) bond motifs is 2. The van der Waals surface area contributed by atoms with E-state index < -0.39 is 0 Å². The standard InChI is InChI=1S/C28H36N8O2/c1-3-38-21-6-4-19(5-7-21)33-28-30-16-23-22(15-29-26(23)34-28)18-8-13-36-25(14-18)24(17-31-36)27(37)32-20-9-11-35(2)12-10-20/h8,13-17,19-21H,3-7,9-12H2,1-2H3,(H,32,37)(H2,29,30,33,34)/t19-,21+. The number of ether oxygens (including phenoxy) is 1. The average Bonchev–Trinajstić information content (AvgIpc) is 3.55. The summed E-state index contributed by atoms with van der Waals surface area (Å²) in [5, 5.41) is 12.1. The SMILES string of the molecule is CCO[C@H]1CC[C@@H](Nc2ncc3c(-c4ccn5ncc(C(=O)NC6CCN(C)CC6)c5c4)c[nH]c3n2)CC1. The number of anilines is 1. The smallest absolute Gasteiger partial charge is 0.255 e. The molecule has 4 aromatic rings. The molecule has 38 heavy (non-hydrogen) atoms. The summed E-state index contributed by atoms with van der Waals surface area (Å²) in [5.74, 6) is 0.574. The van der Waals surface area contributed by atoms with Crippen molar-refractivity contribution in [2.24, 2.45) is 0 Å². The van der Waals surface area contributed by atoms with E-state index in [4.69, 9.17) is 9.72 Å². The number of aromatic amines is 1. The van der Waals surface area contributed by atoms with E-state index >= 15 is 0 Å². The monoisotopic (exact) mass is 516 g/mol. The van der Waals surface area contributed by atoms with Crippen LogP contribution in [0.25, 0.3) is 27.7 Å². The molecule has 2 aliphatic rings. The van der Waals surface area contributed by atoms with Gasteiger partial charge in [-0.2, -0.15) is 10.1 Å². The first-order valence-corrected chi connectivity index (χ1v) is 13.8. The van der Waals surface area contributed by atoms with Crippen LogP contribution in [0.4, 0.5) is 5.95 Å². The minimum absolute atomic E-state index is 0.0695. The first-order valence-electron chi connectivity index (χ1n) is 13.8. The van der Waals surface area contributed by atoms with Gasteiger partial charge in [0.15, 0.2) is 0 Å². The van der Waals surface area contributed by atoms with Gasteiger partial charge in [-0.15, -0.1) is 0 Å². The van der Waals surface area contributed by atoms with Gasteiger partial charge in [0.2, 0.25) is 5.95 Å². The zero-order chi connectivity index (χ0) is 26.1. The third kappa shape index (κ3) is 5.10. The van der Waals surface area contributed by atoms with E-state index in [2.05, 4.69) is 44.6 Å². The van der Waals surface area contributed by atoms with Crippen LogP contribution in [0.2, 0.25) is 0 Å². The van der Waals surface area contributed by atoms with Gasteiger partial charge in [0.05, 0.1) is 23.4 Å². The number of nitrogens with zero attached hydrogens (tertiary/aromatic N) is 5. The molecule has 1 saturated heterocycles. The summed E-state index contributed by atoms with van der Waals surface area (Å²) in [5.41, 5.74) is 4.14. The molecule has 4 aromatic heterocycles. The van der Waals surface area contributed by atoms with Gasteiger partial charge in [0, 0.05) is 48.2 Å². The summed E-state index contributed by atoms with van der Waals surface area (Å²) in [6.07, 6.45) is 13.9. The maximum Gasteiger partial charge on any atom is 0.255 e. The van der Waals surface area contributed by atoms with E-state index in [0.717, 1.165) is 85.9 Å². The number of H-pyrrole nitrogens is 1. The highest BCUT2D eigenvalue weighted by molar-refractivity contribution is 6.02. The molecule has 0 radical (unpaired) electrons. The Kier molecular flexibility index (Phi) is 6.99. The molecule has 1 aliphatic heterocycles. The van der Waals surface area contributed by atoms with Crippen LogP contribution in [0.5, 0.6) is 0 Å². The second-order valence-corrected chi connectivity index (χ2v) is 10.6. The number of likely N-dealkylation sites (tertiary alicyclic amines) is 1. The Bertz CT molecular complexity index is 1410. The van der Waals surface area contributed by atoms with Crippen molar-refractivity contribution in [1.29, 1.82) is 0 Å². The molecule has 2 fully saturated rings. The van der Waals surface area contributed by atoms with Crippen LogP contribution < -0.4 is 10.6 Å². The molecule has 10 nitrogen and oxygen atoms in total. The summed E-state index contributed by atoms with van der Waals surface area (Å²) in [6, 6.07) is 4.58. The van der Waals surface area contributed by atoms with Gasteiger partial charge in [0.1, 0.15) is 5.65 Å². The van der Waals surface area contributed by atoms with Crippen LogP contribution in [0.15, 0.2) is 36.9 Å². The predicted molar refractivity (Wildman–Crippen MR) is 147 cm³/mol. The van der Waals surface area contributed by atoms with Gasteiger partial charge in [-0.1, -0.05) is 0 Å². The highest BCUT2D eigenvalue weighted by Crippen LogP contribution is 2.30. The largest absolute Gasteiger partial charge is 0.379 e. The van der Waals surface area contributed by atoms with E-state index in [9.17, 15) is 4.79 Å². The van der Waals surface area contributed by atoms with Gasteiger partial charge < -0.3 is 25.3 Å². The molecule has 3 N–H and O–H groups in total. The second-order valence-electron chi connectivity index (χ2n) is 10.6. The summed E-state index contributed by atoms with van der Waals surface area (Å²) < 4.78 is 7.52. The molecule has 1 saturated carbocycles. The number of hydrogen-bond acceptors (Lipinski definition) is 7. The van der Waals surface area contributed by atoms with Crippen LogP contribution in [-0.2, 0) is 4.74 Å². The van der Waals surface area contributed by atoms with Crippen LogP contribution in [0.3, 0.4) is 0 Å². The zero-order valence-corrected chi connectivity index (χ0v) is 22.1. The van der Waals surface area contributed by atoms with Gasteiger partial charge in [-0.25, -0.2) is 9.50 Å². The third-order valence-corrected chi connectivity index (χ3v) is 7.97. The quantitative estimate of drug-likeness (QED) is 0.342. The average molecular weight is 517 g/mol. The van der Waals surface area contributed by atoms with Crippen molar-refractivity contribution in [2.45, 2.75) is 63.6 Å². The fourth-order valence-corrected chi connectivity index (χ4v) is 5.75. The maximum atomic E-state index is 13.1. The topological polar surface area (TPSA) is 112 Å². The first-order chi connectivity index (χ1) is 18.6. The Balaban J connectivity index is 1.19. The van der Waals surface area contributed by atoms with Crippen LogP contribution in [0, 0.1) is 0 Å². The number of carbonyl (C=O) groups is 1. The van der Waals surface area contributed by atoms with Gasteiger partial charge >= 0.3 is 0 Å². The molecule has 5 heterocycles. The van der Waals surface area contributed by atoms with Crippen LogP contribution >= 0.6 is 0 Å². The van der Waals surface area contributed by atoms with Crippen LogP contribution in [0.1, 0.15) is 55.8 Å². The first kappa shape index (κ1) is 24.8. The van der Waals surface area contributed by atoms with Crippen molar-refractivity contribution in [3.63, 3.8) is 0 Å². The molecule has 0 bridgehead atoms. The maximum absolute atomic E-state index is 13.1. The fourth-order valence-electron chi connectivity index (χ4n) is 5.75. The number of nitrogens with one attached hydrogen (secondary N) is 3. The number of amides is 1. The minimum atomic E-state index is -0.0695. The van der Waals surface area contributed by atoms with E-state index in [1.807, 2.05) is 30.7 Å². The Morgan fingerprint density at radius 3 is 2.74 bits per heavy atom. The van der Waals surface area contributed by atoms with Crippen molar-refractivity contribution < 1.29 is 9.53 Å². The molecule has 0 aromatic carbocycles. The molecule has 0 spiro atoms. The third-order valence-electron chi connectivity index (χ3n) is 7.97. The van der Waals surface area contributed by atoms with Crippen molar-refractivity contribution in [2.75, 3.05) is 32.1 Å². The summed E-state index contributed by atoms with van der Waals surface area (Å²) >= 11 is 0. The van der Waals surface area contributed by atoms with E-state index in [1.54, 1.807) is 10.7 Å². The molecule has 200 valence electrons. The Hall–Kier alpha value is -3.50. The predicted octanol–water partition coefficient (Wildman–Crippen LogP) is 3.86. The second kappa shape index (κ2) is 10.7. The summed E-state index contributed by atoms with van der Waals surface area (Å²) in [7, 11) is 2.12. The Labute approximate surface area is 222 Å². The fraction of sp³-hybridized carbons (Fsp3) is 0.500. The number of aromatic nitrogens is 5. The minimum Gasteiger partial charge on any atom is -0.379 e. The van der Waals surface area contributed by atoms with Gasteiger partial charge in [0.25, 0.3) is 5.91 Å². The van der Waals surface area contributed by atoms with E-state index in [-0.39, 0.29) is 11.9 Å². The summed E-state index contributed by atoms with van der Waals surface area (Å²) in [4.78, 5) is 28.1. The lowest BCUT2D eigenvalue weighted by Gasteiger charge is -2.29. The highest BCUT2D eigenvalue weighted by atomic mass is 16.5. The van der Waals surface area contributed by atoms with Gasteiger partial charge in [-0.05, 0) is 83.3 Å². The number of carbonyl (C=O) groups excluding carboxylic acids is 1. The van der Waals surface area contributed by atoms with Crippen LogP contribution in [-0.4, -0.2) is 80.3 Å². The Morgan fingerprint density at radius 1 is 1.13 bits per heavy atom. The zero-order valence-electron chi connectivity index (χ0n) is 22.1.